The highest BCUT2D eigenvalue weighted by molar-refractivity contribution is 5.80. The molecule has 0 aliphatic carbocycles. The van der Waals surface area contributed by atoms with Gasteiger partial charge in [-0.3, -0.25) is 4.79 Å². The molecule has 0 fully saturated rings. The molecule has 1 aromatic carbocycles. The Morgan fingerprint density at radius 3 is 2.55 bits per heavy atom. The minimum absolute atomic E-state index is 0.0381. The van der Waals surface area contributed by atoms with Crippen molar-refractivity contribution < 1.29 is 9.53 Å². The summed E-state index contributed by atoms with van der Waals surface area (Å²) in [5, 5.41) is 3.00. The number of carbonyl (C=O) groups excluding carboxylic acids is 1. The maximum absolute atomic E-state index is 12.0. The SMILES string of the molecule is CCCC[C@H](CC)CNC(=O)[C@H](C)Oc1ccccc1. The van der Waals surface area contributed by atoms with E-state index in [4.69, 9.17) is 4.74 Å². The van der Waals surface area contributed by atoms with Crippen LogP contribution >= 0.6 is 0 Å². The van der Waals surface area contributed by atoms with Crippen LogP contribution in [0.5, 0.6) is 5.75 Å². The van der Waals surface area contributed by atoms with E-state index >= 15 is 0 Å². The largest absolute Gasteiger partial charge is 0.481 e. The van der Waals surface area contributed by atoms with Crippen molar-refractivity contribution in [2.45, 2.75) is 52.6 Å². The molecule has 20 heavy (non-hydrogen) atoms. The van der Waals surface area contributed by atoms with Crippen LogP contribution in [0.1, 0.15) is 46.5 Å². The van der Waals surface area contributed by atoms with E-state index in [-0.39, 0.29) is 5.91 Å². The fourth-order valence-corrected chi connectivity index (χ4v) is 2.09. The summed E-state index contributed by atoms with van der Waals surface area (Å²) < 4.78 is 5.61. The predicted octanol–water partition coefficient (Wildman–Crippen LogP) is 3.79. The Balaban J connectivity index is 2.34. The van der Waals surface area contributed by atoms with Gasteiger partial charge in [0.2, 0.25) is 0 Å². The molecule has 0 spiro atoms. The molecule has 3 heteroatoms. The monoisotopic (exact) mass is 277 g/mol. The van der Waals surface area contributed by atoms with Gasteiger partial charge in [-0.25, -0.2) is 0 Å². The standard InChI is InChI=1S/C17H27NO2/c1-4-6-10-15(5-2)13-18-17(19)14(3)20-16-11-8-7-9-12-16/h7-9,11-12,14-15H,4-6,10,13H2,1-3H3,(H,18,19)/t14-,15-/m0/s1. The zero-order valence-corrected chi connectivity index (χ0v) is 12.9. The summed E-state index contributed by atoms with van der Waals surface area (Å²) in [6.45, 7) is 6.91. The van der Waals surface area contributed by atoms with Crippen LogP contribution in [0.4, 0.5) is 0 Å². The third-order valence-electron chi connectivity index (χ3n) is 3.53. The van der Waals surface area contributed by atoms with Crippen LogP contribution in [-0.2, 0) is 4.79 Å². The molecule has 0 radical (unpaired) electrons. The van der Waals surface area contributed by atoms with E-state index in [9.17, 15) is 4.79 Å². The smallest absolute Gasteiger partial charge is 0.260 e. The second-order valence-electron chi connectivity index (χ2n) is 5.23. The molecule has 0 aliphatic rings. The van der Waals surface area contributed by atoms with Crippen molar-refractivity contribution in [2.75, 3.05) is 6.54 Å². The molecule has 0 bridgehead atoms. The Kier molecular flexibility index (Phi) is 7.78. The van der Waals surface area contributed by atoms with Gasteiger partial charge in [0, 0.05) is 6.54 Å². The first-order chi connectivity index (χ1) is 9.67. The first-order valence-corrected chi connectivity index (χ1v) is 7.66. The van der Waals surface area contributed by atoms with Gasteiger partial charge in [0.15, 0.2) is 6.10 Å². The highest BCUT2D eigenvalue weighted by Gasteiger charge is 2.15. The lowest BCUT2D eigenvalue weighted by Gasteiger charge is -2.18. The van der Waals surface area contributed by atoms with Crippen LogP contribution in [-0.4, -0.2) is 18.6 Å². The average Bonchev–Trinajstić information content (AvgIpc) is 2.48. The van der Waals surface area contributed by atoms with Gasteiger partial charge in [-0.05, 0) is 31.4 Å². The molecule has 1 aromatic rings. The lowest BCUT2D eigenvalue weighted by Crippen LogP contribution is -2.38. The molecule has 112 valence electrons. The fourth-order valence-electron chi connectivity index (χ4n) is 2.09. The number of unbranched alkanes of at least 4 members (excludes halogenated alkanes) is 1. The van der Waals surface area contributed by atoms with Gasteiger partial charge in [-0.2, -0.15) is 0 Å². The Labute approximate surface area is 122 Å². The van der Waals surface area contributed by atoms with Crippen molar-refractivity contribution in [3.63, 3.8) is 0 Å². The number of ether oxygens (including phenoxy) is 1. The Morgan fingerprint density at radius 2 is 1.95 bits per heavy atom. The highest BCUT2D eigenvalue weighted by atomic mass is 16.5. The summed E-state index contributed by atoms with van der Waals surface area (Å²) in [5.74, 6) is 1.26. The third kappa shape index (κ3) is 6.09. The quantitative estimate of drug-likeness (QED) is 0.746. The Bertz CT molecular complexity index is 378. The van der Waals surface area contributed by atoms with Gasteiger partial charge >= 0.3 is 0 Å². The maximum atomic E-state index is 12.0. The second-order valence-corrected chi connectivity index (χ2v) is 5.23. The summed E-state index contributed by atoms with van der Waals surface area (Å²) in [5.41, 5.74) is 0. The lowest BCUT2D eigenvalue weighted by atomic mass is 9.99. The summed E-state index contributed by atoms with van der Waals surface area (Å²) >= 11 is 0. The number of hydrogen-bond donors (Lipinski definition) is 1. The number of para-hydroxylation sites is 1. The molecule has 1 amide bonds. The van der Waals surface area contributed by atoms with Gasteiger partial charge in [0.05, 0.1) is 0 Å². The van der Waals surface area contributed by atoms with E-state index in [0.717, 1.165) is 18.7 Å². The summed E-state index contributed by atoms with van der Waals surface area (Å²) in [4.78, 5) is 12.0. The third-order valence-corrected chi connectivity index (χ3v) is 3.53. The molecular weight excluding hydrogens is 250 g/mol. The van der Waals surface area contributed by atoms with Crippen molar-refractivity contribution in [2.24, 2.45) is 5.92 Å². The normalized spacial score (nSPS) is 13.6. The first-order valence-electron chi connectivity index (χ1n) is 7.66. The number of nitrogens with one attached hydrogen (secondary N) is 1. The molecule has 0 saturated heterocycles. The van der Waals surface area contributed by atoms with Crippen LogP contribution in [0.2, 0.25) is 0 Å². The molecule has 3 nitrogen and oxygen atoms in total. The van der Waals surface area contributed by atoms with E-state index in [2.05, 4.69) is 19.2 Å². The van der Waals surface area contributed by atoms with Crippen molar-refractivity contribution in [1.82, 2.24) is 5.32 Å². The summed E-state index contributed by atoms with van der Waals surface area (Å²) in [6.07, 6.45) is 4.26. The summed E-state index contributed by atoms with van der Waals surface area (Å²) in [6, 6.07) is 9.45. The van der Waals surface area contributed by atoms with Crippen LogP contribution in [0.3, 0.4) is 0 Å². The molecule has 0 heterocycles. The van der Waals surface area contributed by atoms with Crippen LogP contribution in [0.25, 0.3) is 0 Å². The highest BCUT2D eigenvalue weighted by Crippen LogP contribution is 2.13. The van der Waals surface area contributed by atoms with E-state index < -0.39 is 6.10 Å². The van der Waals surface area contributed by atoms with Crippen LogP contribution < -0.4 is 10.1 Å². The molecular formula is C17H27NO2. The number of rotatable bonds is 9. The van der Waals surface area contributed by atoms with Crippen molar-refractivity contribution in [1.29, 1.82) is 0 Å². The molecule has 0 aliphatic heterocycles. The van der Waals surface area contributed by atoms with E-state index in [1.807, 2.05) is 30.3 Å². The van der Waals surface area contributed by atoms with E-state index in [0.29, 0.717) is 5.92 Å². The number of benzene rings is 1. The Morgan fingerprint density at radius 1 is 1.25 bits per heavy atom. The molecule has 1 rings (SSSR count). The first kappa shape index (κ1) is 16.5. The van der Waals surface area contributed by atoms with E-state index in [1.54, 1.807) is 6.92 Å². The zero-order chi connectivity index (χ0) is 14.8. The number of hydrogen-bond acceptors (Lipinski definition) is 2. The fraction of sp³-hybridized carbons (Fsp3) is 0.588. The van der Waals surface area contributed by atoms with Crippen LogP contribution in [0, 0.1) is 5.92 Å². The molecule has 2 atom stereocenters. The topological polar surface area (TPSA) is 38.3 Å². The average molecular weight is 277 g/mol. The molecule has 0 saturated carbocycles. The van der Waals surface area contributed by atoms with Gasteiger partial charge in [-0.1, -0.05) is 51.3 Å². The van der Waals surface area contributed by atoms with Crippen molar-refractivity contribution >= 4 is 5.91 Å². The summed E-state index contributed by atoms with van der Waals surface area (Å²) in [7, 11) is 0. The van der Waals surface area contributed by atoms with Gasteiger partial charge in [0.1, 0.15) is 5.75 Å². The minimum Gasteiger partial charge on any atom is -0.481 e. The van der Waals surface area contributed by atoms with Gasteiger partial charge in [0.25, 0.3) is 5.91 Å². The zero-order valence-electron chi connectivity index (χ0n) is 12.9. The predicted molar refractivity (Wildman–Crippen MR) is 82.8 cm³/mol. The maximum Gasteiger partial charge on any atom is 0.260 e. The number of carbonyl (C=O) groups is 1. The minimum atomic E-state index is -0.457. The Hall–Kier alpha value is -1.51. The van der Waals surface area contributed by atoms with E-state index in [1.165, 1.54) is 19.3 Å². The van der Waals surface area contributed by atoms with Crippen molar-refractivity contribution in [3.05, 3.63) is 30.3 Å². The number of amides is 1. The second kappa shape index (κ2) is 9.40. The lowest BCUT2D eigenvalue weighted by molar-refractivity contribution is -0.127. The van der Waals surface area contributed by atoms with Gasteiger partial charge < -0.3 is 10.1 Å². The molecule has 1 N–H and O–H groups in total. The molecule has 0 unspecified atom stereocenters. The van der Waals surface area contributed by atoms with Crippen molar-refractivity contribution in [3.8, 4) is 5.75 Å². The molecule has 0 aromatic heterocycles. The van der Waals surface area contributed by atoms with Gasteiger partial charge in [-0.15, -0.1) is 0 Å². The van der Waals surface area contributed by atoms with Crippen LogP contribution in [0.15, 0.2) is 30.3 Å².